The lowest BCUT2D eigenvalue weighted by molar-refractivity contribution is 0.102. The van der Waals surface area contributed by atoms with Gasteiger partial charge in [0.15, 0.2) is 0 Å². The van der Waals surface area contributed by atoms with E-state index in [9.17, 15) is 5.11 Å². The first-order chi connectivity index (χ1) is 9.97. The summed E-state index contributed by atoms with van der Waals surface area (Å²) in [6.07, 6.45) is 1.86. The molecule has 0 spiro atoms. The first-order valence-corrected chi connectivity index (χ1v) is 8.22. The van der Waals surface area contributed by atoms with Gasteiger partial charge >= 0.3 is 0 Å². The van der Waals surface area contributed by atoms with E-state index in [-0.39, 0.29) is 6.61 Å². The van der Waals surface area contributed by atoms with Gasteiger partial charge in [-0.15, -0.1) is 0 Å². The number of halogens is 2. The highest BCUT2D eigenvalue weighted by Gasteiger charge is 2.29. The third-order valence-electron chi connectivity index (χ3n) is 4.41. The van der Waals surface area contributed by atoms with Gasteiger partial charge in [0.25, 0.3) is 0 Å². The van der Waals surface area contributed by atoms with E-state index in [1.807, 2.05) is 0 Å². The summed E-state index contributed by atoms with van der Waals surface area (Å²) in [5.41, 5.74) is 0. The Balaban J connectivity index is 1.75. The fourth-order valence-corrected chi connectivity index (χ4v) is 3.11. The van der Waals surface area contributed by atoms with Crippen molar-refractivity contribution in [3.8, 4) is 5.75 Å². The van der Waals surface area contributed by atoms with E-state index in [4.69, 9.17) is 27.9 Å². The number of hydrogen-bond donors (Lipinski definition) is 2. The molecule has 5 heteroatoms. The van der Waals surface area contributed by atoms with Crippen LogP contribution in [0, 0.1) is 11.8 Å². The normalized spacial score (nSPS) is 26.8. The highest BCUT2D eigenvalue weighted by molar-refractivity contribution is 6.34. The topological polar surface area (TPSA) is 41.5 Å². The van der Waals surface area contributed by atoms with E-state index in [0.29, 0.717) is 34.3 Å². The smallest absolute Gasteiger partial charge is 0.139 e. The Morgan fingerprint density at radius 3 is 2.76 bits per heavy atom. The number of rotatable bonds is 6. The number of benzene rings is 1. The van der Waals surface area contributed by atoms with Crippen molar-refractivity contribution in [2.45, 2.75) is 38.8 Å². The molecule has 0 aromatic heterocycles. The first kappa shape index (κ1) is 16.9. The molecule has 0 bridgehead atoms. The maximum atomic E-state index is 10.0. The molecule has 21 heavy (non-hydrogen) atoms. The van der Waals surface area contributed by atoms with Crippen LogP contribution in [-0.2, 0) is 0 Å². The summed E-state index contributed by atoms with van der Waals surface area (Å²) >= 11 is 11.9. The van der Waals surface area contributed by atoms with Gasteiger partial charge in [-0.3, -0.25) is 0 Å². The van der Waals surface area contributed by atoms with Gasteiger partial charge in [0, 0.05) is 23.7 Å². The molecule has 0 saturated heterocycles. The summed E-state index contributed by atoms with van der Waals surface area (Å²) in [6.45, 7) is 5.28. The maximum Gasteiger partial charge on any atom is 0.139 e. The summed E-state index contributed by atoms with van der Waals surface area (Å²) in [5, 5.41) is 14.5. The van der Waals surface area contributed by atoms with Crippen molar-refractivity contribution in [3.05, 3.63) is 28.2 Å². The quantitative estimate of drug-likeness (QED) is 0.833. The second-order valence-corrected chi connectivity index (χ2v) is 6.81. The Bertz CT molecular complexity index is 470. The summed E-state index contributed by atoms with van der Waals surface area (Å²) in [6, 6.07) is 5.54. The predicted octanol–water partition coefficient (Wildman–Crippen LogP) is 3.76. The van der Waals surface area contributed by atoms with Crippen LogP contribution in [0.25, 0.3) is 0 Å². The zero-order chi connectivity index (χ0) is 15.4. The molecule has 2 rings (SSSR count). The lowest BCUT2D eigenvalue weighted by Gasteiger charge is -2.22. The molecule has 1 saturated carbocycles. The SMILES string of the molecule is CC1CCC(NCC(O)COc2cc(Cl)ccc2Cl)C1C. The second kappa shape index (κ2) is 7.68. The molecule has 1 aromatic rings. The maximum absolute atomic E-state index is 10.0. The highest BCUT2D eigenvalue weighted by Crippen LogP contribution is 2.31. The molecule has 0 radical (unpaired) electrons. The summed E-state index contributed by atoms with van der Waals surface area (Å²) in [7, 11) is 0. The van der Waals surface area contributed by atoms with Gasteiger partial charge < -0.3 is 15.2 Å². The van der Waals surface area contributed by atoms with Crippen molar-refractivity contribution in [2.24, 2.45) is 11.8 Å². The van der Waals surface area contributed by atoms with Crippen LogP contribution < -0.4 is 10.1 Å². The van der Waals surface area contributed by atoms with Gasteiger partial charge in [-0.2, -0.15) is 0 Å². The van der Waals surface area contributed by atoms with Crippen LogP contribution >= 0.6 is 23.2 Å². The van der Waals surface area contributed by atoms with Gasteiger partial charge in [-0.1, -0.05) is 37.0 Å². The Morgan fingerprint density at radius 1 is 1.33 bits per heavy atom. The average molecular weight is 332 g/mol. The molecular formula is C16H23Cl2NO2. The predicted molar refractivity (Wildman–Crippen MR) is 87.3 cm³/mol. The monoisotopic (exact) mass is 331 g/mol. The van der Waals surface area contributed by atoms with Crippen molar-refractivity contribution >= 4 is 23.2 Å². The molecule has 3 nitrogen and oxygen atoms in total. The lowest BCUT2D eigenvalue weighted by atomic mass is 9.98. The molecule has 0 amide bonds. The largest absolute Gasteiger partial charge is 0.489 e. The van der Waals surface area contributed by atoms with E-state index < -0.39 is 6.10 Å². The zero-order valence-electron chi connectivity index (χ0n) is 12.5. The van der Waals surface area contributed by atoms with Crippen LogP contribution in [0.1, 0.15) is 26.7 Å². The van der Waals surface area contributed by atoms with Crippen molar-refractivity contribution in [2.75, 3.05) is 13.2 Å². The van der Waals surface area contributed by atoms with Crippen molar-refractivity contribution in [3.63, 3.8) is 0 Å². The second-order valence-electron chi connectivity index (χ2n) is 5.97. The van der Waals surface area contributed by atoms with Gasteiger partial charge in [0.1, 0.15) is 18.5 Å². The molecule has 0 heterocycles. The van der Waals surface area contributed by atoms with Crippen molar-refractivity contribution in [1.29, 1.82) is 0 Å². The fraction of sp³-hybridized carbons (Fsp3) is 0.625. The van der Waals surface area contributed by atoms with Crippen LogP contribution in [-0.4, -0.2) is 30.4 Å². The highest BCUT2D eigenvalue weighted by atomic mass is 35.5. The third-order valence-corrected chi connectivity index (χ3v) is 4.95. The Kier molecular flexibility index (Phi) is 6.18. The lowest BCUT2D eigenvalue weighted by Crippen LogP contribution is -2.39. The average Bonchev–Trinajstić information content (AvgIpc) is 2.77. The Morgan fingerprint density at radius 2 is 2.10 bits per heavy atom. The van der Waals surface area contributed by atoms with Gasteiger partial charge in [0.2, 0.25) is 0 Å². The van der Waals surface area contributed by atoms with E-state index in [2.05, 4.69) is 19.2 Å². The minimum absolute atomic E-state index is 0.198. The summed E-state index contributed by atoms with van der Waals surface area (Å²) in [5.74, 6) is 1.91. The molecular weight excluding hydrogens is 309 g/mol. The number of nitrogens with one attached hydrogen (secondary N) is 1. The molecule has 2 N–H and O–H groups in total. The molecule has 0 aliphatic heterocycles. The van der Waals surface area contributed by atoms with Crippen LogP contribution in [0.2, 0.25) is 10.0 Å². The zero-order valence-corrected chi connectivity index (χ0v) is 14.0. The molecule has 1 fully saturated rings. The van der Waals surface area contributed by atoms with Crippen LogP contribution in [0.5, 0.6) is 5.75 Å². The van der Waals surface area contributed by atoms with Crippen LogP contribution in [0.15, 0.2) is 18.2 Å². The molecule has 1 aromatic carbocycles. The van der Waals surface area contributed by atoms with E-state index in [0.717, 1.165) is 5.92 Å². The minimum Gasteiger partial charge on any atom is -0.489 e. The van der Waals surface area contributed by atoms with Crippen molar-refractivity contribution < 1.29 is 9.84 Å². The molecule has 1 aliphatic rings. The first-order valence-electron chi connectivity index (χ1n) is 7.46. The number of aliphatic hydroxyl groups is 1. The van der Waals surface area contributed by atoms with E-state index in [1.54, 1.807) is 18.2 Å². The minimum atomic E-state index is -0.567. The molecule has 1 aliphatic carbocycles. The number of aliphatic hydroxyl groups excluding tert-OH is 1. The van der Waals surface area contributed by atoms with Crippen LogP contribution in [0.3, 0.4) is 0 Å². The molecule has 4 atom stereocenters. The fourth-order valence-electron chi connectivity index (χ4n) is 2.77. The summed E-state index contributed by atoms with van der Waals surface area (Å²) in [4.78, 5) is 0. The van der Waals surface area contributed by atoms with Gasteiger partial charge in [-0.05, 0) is 36.8 Å². The standard InChI is InChI=1S/C16H23Cl2NO2/c1-10-3-6-15(11(10)2)19-8-13(20)9-21-16-7-12(17)4-5-14(16)18/h4-5,7,10-11,13,15,19-20H,3,6,8-9H2,1-2H3. The number of ether oxygens (including phenoxy) is 1. The van der Waals surface area contributed by atoms with Crippen molar-refractivity contribution in [1.82, 2.24) is 5.32 Å². The molecule has 118 valence electrons. The van der Waals surface area contributed by atoms with E-state index in [1.165, 1.54) is 12.8 Å². The van der Waals surface area contributed by atoms with E-state index >= 15 is 0 Å². The Hall–Kier alpha value is -0.480. The molecule has 4 unspecified atom stereocenters. The number of hydrogen-bond acceptors (Lipinski definition) is 3. The van der Waals surface area contributed by atoms with Gasteiger partial charge in [-0.25, -0.2) is 0 Å². The third kappa shape index (κ3) is 4.75. The Labute approximate surface area is 136 Å². The van der Waals surface area contributed by atoms with Crippen LogP contribution in [0.4, 0.5) is 0 Å². The van der Waals surface area contributed by atoms with Gasteiger partial charge in [0.05, 0.1) is 5.02 Å². The summed E-state index contributed by atoms with van der Waals surface area (Å²) < 4.78 is 5.54.